The minimum Gasteiger partial charge on any atom is -0.494 e. The molecule has 0 amide bonds. The Bertz CT molecular complexity index is 586. The van der Waals surface area contributed by atoms with E-state index in [2.05, 4.69) is 5.43 Å². The van der Waals surface area contributed by atoms with Crippen LogP contribution in [0.15, 0.2) is 42.5 Å². The van der Waals surface area contributed by atoms with Crippen LogP contribution in [0, 0.1) is 12.7 Å². The second-order valence-corrected chi connectivity index (χ2v) is 4.60. The molecule has 3 nitrogen and oxygen atoms in total. The molecule has 0 saturated heterocycles. The third-order valence-electron chi connectivity index (χ3n) is 3.16. The molecule has 0 heterocycles. The van der Waals surface area contributed by atoms with Crippen molar-refractivity contribution in [1.29, 1.82) is 0 Å². The Morgan fingerprint density at radius 1 is 1.20 bits per heavy atom. The summed E-state index contributed by atoms with van der Waals surface area (Å²) in [7, 11) is 0. The van der Waals surface area contributed by atoms with Crippen LogP contribution in [0.25, 0.3) is 0 Å². The number of hydrogen-bond acceptors (Lipinski definition) is 3. The number of aryl methyl sites for hydroxylation is 1. The summed E-state index contributed by atoms with van der Waals surface area (Å²) >= 11 is 0. The van der Waals surface area contributed by atoms with Crippen molar-refractivity contribution in [3.63, 3.8) is 0 Å². The van der Waals surface area contributed by atoms with E-state index in [1.165, 1.54) is 6.07 Å². The summed E-state index contributed by atoms with van der Waals surface area (Å²) in [6.07, 6.45) is 0. The Labute approximate surface area is 118 Å². The fraction of sp³-hybridized carbons (Fsp3) is 0.250. The molecule has 20 heavy (non-hydrogen) atoms. The van der Waals surface area contributed by atoms with Crippen molar-refractivity contribution in [1.82, 2.24) is 5.43 Å². The summed E-state index contributed by atoms with van der Waals surface area (Å²) in [6, 6.07) is 12.1. The molecule has 106 valence electrons. The van der Waals surface area contributed by atoms with Gasteiger partial charge in [-0.1, -0.05) is 35.9 Å². The van der Waals surface area contributed by atoms with Crippen molar-refractivity contribution in [2.75, 3.05) is 6.61 Å². The van der Waals surface area contributed by atoms with Crippen LogP contribution in [0.5, 0.6) is 5.75 Å². The fourth-order valence-corrected chi connectivity index (χ4v) is 2.24. The van der Waals surface area contributed by atoms with Crippen molar-refractivity contribution in [2.24, 2.45) is 5.84 Å². The maximum Gasteiger partial charge on any atom is 0.128 e. The molecule has 0 bridgehead atoms. The van der Waals surface area contributed by atoms with Crippen LogP contribution < -0.4 is 16.0 Å². The van der Waals surface area contributed by atoms with E-state index in [9.17, 15) is 4.39 Å². The van der Waals surface area contributed by atoms with Gasteiger partial charge >= 0.3 is 0 Å². The van der Waals surface area contributed by atoms with Crippen LogP contribution in [-0.4, -0.2) is 6.61 Å². The van der Waals surface area contributed by atoms with Gasteiger partial charge in [-0.2, -0.15) is 0 Å². The Hall–Kier alpha value is -1.91. The Morgan fingerprint density at radius 2 is 1.95 bits per heavy atom. The van der Waals surface area contributed by atoms with Crippen molar-refractivity contribution in [2.45, 2.75) is 19.9 Å². The number of ether oxygens (including phenoxy) is 1. The molecular weight excluding hydrogens is 255 g/mol. The van der Waals surface area contributed by atoms with Gasteiger partial charge in [0.25, 0.3) is 0 Å². The molecule has 0 spiro atoms. The van der Waals surface area contributed by atoms with E-state index in [0.717, 1.165) is 11.1 Å². The molecule has 2 aromatic carbocycles. The highest BCUT2D eigenvalue weighted by Crippen LogP contribution is 2.31. The third-order valence-corrected chi connectivity index (χ3v) is 3.16. The molecule has 0 aromatic heterocycles. The predicted molar refractivity (Wildman–Crippen MR) is 77.9 cm³/mol. The van der Waals surface area contributed by atoms with Crippen LogP contribution in [0.4, 0.5) is 4.39 Å². The number of nitrogens with one attached hydrogen (secondary N) is 1. The standard InChI is InChI=1S/C16H19FN2O/c1-3-20-15-7-5-4-6-12(15)16(19-18)13-10-11(2)8-9-14(13)17/h4-10,16,19H,3,18H2,1-2H3. The van der Waals surface area contributed by atoms with Gasteiger partial charge in [-0.25, -0.2) is 9.82 Å². The quantitative estimate of drug-likeness (QED) is 0.650. The predicted octanol–water partition coefficient (Wildman–Crippen LogP) is 3.09. The van der Waals surface area contributed by atoms with E-state index in [-0.39, 0.29) is 5.82 Å². The summed E-state index contributed by atoms with van der Waals surface area (Å²) in [5.41, 5.74) is 5.00. The van der Waals surface area contributed by atoms with Gasteiger partial charge in [0.15, 0.2) is 0 Å². The highest BCUT2D eigenvalue weighted by atomic mass is 19.1. The fourth-order valence-electron chi connectivity index (χ4n) is 2.24. The summed E-state index contributed by atoms with van der Waals surface area (Å²) in [6.45, 7) is 4.38. The van der Waals surface area contributed by atoms with Crippen LogP contribution in [0.3, 0.4) is 0 Å². The van der Waals surface area contributed by atoms with Gasteiger partial charge < -0.3 is 4.74 Å². The molecule has 3 N–H and O–H groups in total. The monoisotopic (exact) mass is 274 g/mol. The molecule has 0 aliphatic heterocycles. The lowest BCUT2D eigenvalue weighted by Crippen LogP contribution is -2.30. The molecule has 0 aliphatic carbocycles. The second-order valence-electron chi connectivity index (χ2n) is 4.60. The number of nitrogens with two attached hydrogens (primary N) is 1. The zero-order valence-electron chi connectivity index (χ0n) is 11.7. The van der Waals surface area contributed by atoms with Gasteiger partial charge in [-0.15, -0.1) is 0 Å². The average molecular weight is 274 g/mol. The lowest BCUT2D eigenvalue weighted by Gasteiger charge is -2.21. The number of benzene rings is 2. The third kappa shape index (κ3) is 2.98. The van der Waals surface area contributed by atoms with Crippen molar-refractivity contribution in [3.8, 4) is 5.75 Å². The highest BCUT2D eigenvalue weighted by molar-refractivity contribution is 5.42. The number of hydrogen-bond donors (Lipinski definition) is 2. The average Bonchev–Trinajstić information content (AvgIpc) is 2.45. The Kier molecular flexibility index (Phi) is 4.71. The maximum atomic E-state index is 14.1. The van der Waals surface area contributed by atoms with Gasteiger partial charge in [0.05, 0.1) is 12.6 Å². The van der Waals surface area contributed by atoms with Gasteiger partial charge in [-0.05, 0) is 26.0 Å². The van der Waals surface area contributed by atoms with Crippen LogP contribution in [0.2, 0.25) is 0 Å². The highest BCUT2D eigenvalue weighted by Gasteiger charge is 2.20. The molecule has 2 rings (SSSR count). The van der Waals surface area contributed by atoms with Gasteiger partial charge in [0.2, 0.25) is 0 Å². The molecule has 0 fully saturated rings. The summed E-state index contributed by atoms with van der Waals surface area (Å²) in [5, 5.41) is 0. The molecule has 4 heteroatoms. The number of halogens is 1. The summed E-state index contributed by atoms with van der Waals surface area (Å²) in [5.74, 6) is 6.07. The number of rotatable bonds is 5. The first-order valence-corrected chi connectivity index (χ1v) is 6.61. The first-order valence-electron chi connectivity index (χ1n) is 6.61. The molecule has 1 atom stereocenters. The van der Waals surface area contributed by atoms with Crippen LogP contribution >= 0.6 is 0 Å². The van der Waals surface area contributed by atoms with E-state index in [1.807, 2.05) is 38.1 Å². The van der Waals surface area contributed by atoms with E-state index in [4.69, 9.17) is 10.6 Å². The Balaban J connectivity index is 2.49. The van der Waals surface area contributed by atoms with E-state index in [1.54, 1.807) is 12.1 Å². The summed E-state index contributed by atoms with van der Waals surface area (Å²) < 4.78 is 19.7. The SMILES string of the molecule is CCOc1ccccc1C(NN)c1cc(C)ccc1F. The maximum absolute atomic E-state index is 14.1. The molecular formula is C16H19FN2O. The largest absolute Gasteiger partial charge is 0.494 e. The van der Waals surface area contributed by atoms with Crippen LogP contribution in [-0.2, 0) is 0 Å². The minimum atomic E-state index is -0.447. The molecule has 0 saturated carbocycles. The lowest BCUT2D eigenvalue weighted by atomic mass is 9.96. The van der Waals surface area contributed by atoms with Gasteiger partial charge in [-0.3, -0.25) is 5.84 Å². The lowest BCUT2D eigenvalue weighted by molar-refractivity contribution is 0.333. The van der Waals surface area contributed by atoms with E-state index < -0.39 is 6.04 Å². The van der Waals surface area contributed by atoms with Crippen molar-refractivity contribution in [3.05, 3.63) is 65.0 Å². The molecule has 2 aromatic rings. The van der Waals surface area contributed by atoms with Gasteiger partial charge in [0, 0.05) is 11.1 Å². The van der Waals surface area contributed by atoms with Gasteiger partial charge in [0.1, 0.15) is 11.6 Å². The molecule has 0 aliphatic rings. The topological polar surface area (TPSA) is 47.3 Å². The van der Waals surface area contributed by atoms with Crippen LogP contribution in [0.1, 0.15) is 29.7 Å². The first kappa shape index (κ1) is 14.5. The zero-order valence-corrected chi connectivity index (χ0v) is 11.7. The smallest absolute Gasteiger partial charge is 0.128 e. The number of hydrazine groups is 1. The van der Waals surface area contributed by atoms with E-state index in [0.29, 0.717) is 17.9 Å². The summed E-state index contributed by atoms with van der Waals surface area (Å²) in [4.78, 5) is 0. The normalized spacial score (nSPS) is 12.2. The second kappa shape index (κ2) is 6.50. The minimum absolute atomic E-state index is 0.287. The molecule has 1 unspecified atom stereocenters. The first-order chi connectivity index (χ1) is 9.67. The van der Waals surface area contributed by atoms with Crippen molar-refractivity contribution >= 4 is 0 Å². The Morgan fingerprint density at radius 3 is 2.65 bits per heavy atom. The number of para-hydroxylation sites is 1. The zero-order chi connectivity index (χ0) is 14.5. The van der Waals surface area contributed by atoms with E-state index >= 15 is 0 Å². The molecule has 0 radical (unpaired) electrons. The van der Waals surface area contributed by atoms with Crippen molar-refractivity contribution < 1.29 is 9.13 Å².